The van der Waals surface area contributed by atoms with Gasteiger partial charge in [0.1, 0.15) is 0 Å². The summed E-state index contributed by atoms with van der Waals surface area (Å²) in [5.41, 5.74) is 0. The van der Waals surface area contributed by atoms with E-state index >= 15 is 0 Å². The summed E-state index contributed by atoms with van der Waals surface area (Å²) >= 11 is 6.76. The lowest BCUT2D eigenvalue weighted by atomic mass is 10.2. The number of hydrogen-bond donors (Lipinski definition) is 0. The zero-order chi connectivity index (χ0) is 10.9. The largest absolute Gasteiger partial charge is 0.167 e. The average Bonchev–Trinajstić information content (AvgIpc) is 2.13. The van der Waals surface area contributed by atoms with Gasteiger partial charge in [-0.15, -0.1) is 0 Å². The highest BCUT2D eigenvalue weighted by molar-refractivity contribution is 7.20. The Hall–Kier alpha value is 0.507. The fourth-order valence-corrected chi connectivity index (χ4v) is 7.10. The molecule has 0 aromatic rings. The third-order valence-electron chi connectivity index (χ3n) is 2.87. The first kappa shape index (κ1) is 14.5. The first-order chi connectivity index (χ1) is 6.68. The molecule has 0 unspecified atom stereocenters. The zero-order valence-electron chi connectivity index (χ0n) is 10.2. The molecule has 0 aromatic carbocycles. The Labute approximate surface area is 96.1 Å². The first-order valence-corrected chi connectivity index (χ1v) is 10.0. The Morgan fingerprint density at radius 1 is 0.714 bits per heavy atom. The van der Waals surface area contributed by atoms with Crippen LogP contribution in [0.15, 0.2) is 0 Å². The van der Waals surface area contributed by atoms with Crippen LogP contribution >= 0.6 is 11.1 Å². The van der Waals surface area contributed by atoms with E-state index in [0.717, 1.165) is 0 Å². The van der Waals surface area contributed by atoms with E-state index in [-0.39, 0.29) is 0 Å². The Morgan fingerprint density at radius 3 is 1.71 bits per heavy atom. The molecule has 0 atom stereocenters. The minimum Gasteiger partial charge on any atom is -0.167 e. The summed E-state index contributed by atoms with van der Waals surface area (Å²) in [5, 5.41) is 0. The van der Waals surface area contributed by atoms with Crippen LogP contribution in [0.1, 0.15) is 59.3 Å². The maximum absolute atomic E-state index is 6.76. The van der Waals surface area contributed by atoms with Gasteiger partial charge in [0.15, 0.2) is 7.38 Å². The second kappa shape index (κ2) is 8.79. The molecule has 0 spiro atoms. The van der Waals surface area contributed by atoms with Crippen molar-refractivity contribution < 1.29 is 0 Å². The summed E-state index contributed by atoms with van der Waals surface area (Å²) in [4.78, 5) is 0. The molecule has 0 amide bonds. The van der Waals surface area contributed by atoms with E-state index in [1.165, 1.54) is 56.7 Å². The van der Waals surface area contributed by atoms with Crippen LogP contribution in [0.4, 0.5) is 0 Å². The number of rotatable bonds is 9. The van der Waals surface area contributed by atoms with Crippen molar-refractivity contribution in [3.8, 4) is 0 Å². The average molecular weight is 235 g/mol. The molecule has 14 heavy (non-hydrogen) atoms. The predicted molar refractivity (Wildman–Crippen MR) is 70.8 cm³/mol. The van der Waals surface area contributed by atoms with Crippen LogP contribution in [0, 0.1) is 0 Å². The van der Waals surface area contributed by atoms with Crippen LogP contribution < -0.4 is 0 Å². The highest BCUT2D eigenvalue weighted by atomic mass is 35.6. The van der Waals surface area contributed by atoms with Gasteiger partial charge in [0.05, 0.1) is 0 Å². The molecule has 0 bridgehead atoms. The van der Waals surface area contributed by atoms with Crippen LogP contribution in [0.25, 0.3) is 0 Å². The van der Waals surface area contributed by atoms with Crippen molar-refractivity contribution in [3.63, 3.8) is 0 Å². The van der Waals surface area contributed by atoms with E-state index in [9.17, 15) is 0 Å². The molecule has 2 heteroatoms. The van der Waals surface area contributed by atoms with Gasteiger partial charge in [-0.1, -0.05) is 59.3 Å². The lowest BCUT2D eigenvalue weighted by Gasteiger charge is -2.23. The van der Waals surface area contributed by atoms with E-state index in [0.29, 0.717) is 0 Å². The van der Waals surface area contributed by atoms with Crippen molar-refractivity contribution in [2.45, 2.75) is 77.4 Å². The minimum absolute atomic E-state index is 1.28. The highest BCUT2D eigenvalue weighted by Gasteiger charge is 2.27. The number of unbranched alkanes of at least 4 members (excludes halogenated alkanes) is 3. The highest BCUT2D eigenvalue weighted by Crippen LogP contribution is 2.30. The molecule has 0 aliphatic carbocycles. The first-order valence-electron chi connectivity index (χ1n) is 6.37. The maximum Gasteiger partial charge on any atom is 0.156 e. The lowest BCUT2D eigenvalue weighted by Crippen LogP contribution is -2.25. The van der Waals surface area contributed by atoms with Gasteiger partial charge in [-0.2, -0.15) is 11.1 Å². The lowest BCUT2D eigenvalue weighted by molar-refractivity contribution is 0.695. The van der Waals surface area contributed by atoms with Gasteiger partial charge in [-0.05, 0) is 18.1 Å². The maximum atomic E-state index is 6.76. The van der Waals surface area contributed by atoms with E-state index in [2.05, 4.69) is 20.8 Å². The summed E-state index contributed by atoms with van der Waals surface area (Å²) < 4.78 is 0. The Kier molecular flexibility index (Phi) is 9.10. The third kappa shape index (κ3) is 6.89. The fraction of sp³-hybridized carbons (Fsp3) is 1.00. The van der Waals surface area contributed by atoms with Gasteiger partial charge in [0.2, 0.25) is 0 Å². The summed E-state index contributed by atoms with van der Waals surface area (Å²) in [6.45, 7) is 6.81. The van der Waals surface area contributed by atoms with Crippen molar-refractivity contribution in [3.05, 3.63) is 0 Å². The Morgan fingerprint density at radius 2 is 1.29 bits per heavy atom. The molecule has 0 aliphatic heterocycles. The standard InChI is InChI=1S/C12H27ClSi/c1-4-7-8-9-12-14(13,10-5-2)11-6-3/h4-12H2,1-3H3. The van der Waals surface area contributed by atoms with Gasteiger partial charge < -0.3 is 0 Å². The van der Waals surface area contributed by atoms with E-state index in [1.54, 1.807) is 0 Å². The van der Waals surface area contributed by atoms with Crippen molar-refractivity contribution in [2.75, 3.05) is 0 Å². The number of hydrogen-bond acceptors (Lipinski definition) is 0. The van der Waals surface area contributed by atoms with Crippen molar-refractivity contribution >= 4 is 18.5 Å². The Balaban J connectivity index is 3.71. The van der Waals surface area contributed by atoms with E-state index in [1.807, 2.05) is 0 Å². The summed E-state index contributed by atoms with van der Waals surface area (Å²) in [6.07, 6.45) is 8.06. The van der Waals surface area contributed by atoms with Crippen molar-refractivity contribution in [1.82, 2.24) is 0 Å². The summed E-state index contributed by atoms with van der Waals surface area (Å²) in [6, 6.07) is 4.01. The van der Waals surface area contributed by atoms with Crippen LogP contribution in [-0.2, 0) is 0 Å². The van der Waals surface area contributed by atoms with E-state index < -0.39 is 7.38 Å². The molecule has 0 saturated heterocycles. The van der Waals surface area contributed by atoms with Crippen LogP contribution in [-0.4, -0.2) is 7.38 Å². The topological polar surface area (TPSA) is 0 Å². The summed E-state index contributed by atoms with van der Waals surface area (Å²) in [7, 11) is -1.33. The summed E-state index contributed by atoms with van der Waals surface area (Å²) in [5.74, 6) is 0. The SMILES string of the molecule is CCCCCC[Si](Cl)(CCC)CCC. The normalized spacial score (nSPS) is 12.0. The molecule has 0 radical (unpaired) electrons. The zero-order valence-corrected chi connectivity index (χ0v) is 12.0. The van der Waals surface area contributed by atoms with E-state index in [4.69, 9.17) is 11.1 Å². The van der Waals surface area contributed by atoms with Gasteiger partial charge in [0, 0.05) is 0 Å². The fourth-order valence-electron chi connectivity index (χ4n) is 2.14. The van der Waals surface area contributed by atoms with Crippen LogP contribution in [0.3, 0.4) is 0 Å². The molecule has 0 aromatic heterocycles. The van der Waals surface area contributed by atoms with Crippen LogP contribution in [0.5, 0.6) is 0 Å². The van der Waals surface area contributed by atoms with Crippen molar-refractivity contribution in [2.24, 2.45) is 0 Å². The van der Waals surface area contributed by atoms with Gasteiger partial charge >= 0.3 is 0 Å². The smallest absolute Gasteiger partial charge is 0.156 e. The van der Waals surface area contributed by atoms with Crippen molar-refractivity contribution in [1.29, 1.82) is 0 Å². The van der Waals surface area contributed by atoms with Gasteiger partial charge in [-0.3, -0.25) is 0 Å². The molecule has 0 nitrogen and oxygen atoms in total. The number of halogens is 1. The predicted octanol–water partition coefficient (Wildman–Crippen LogP) is 5.57. The van der Waals surface area contributed by atoms with Crippen LogP contribution in [0.2, 0.25) is 18.1 Å². The molecule has 0 heterocycles. The molecular weight excluding hydrogens is 208 g/mol. The quantitative estimate of drug-likeness (QED) is 0.278. The molecule has 0 rings (SSSR count). The third-order valence-corrected chi connectivity index (χ3v) is 8.62. The second-order valence-electron chi connectivity index (χ2n) is 4.46. The molecular formula is C12H27ClSi. The molecule has 0 saturated carbocycles. The monoisotopic (exact) mass is 234 g/mol. The molecule has 0 aliphatic rings. The van der Waals surface area contributed by atoms with Gasteiger partial charge in [0.25, 0.3) is 0 Å². The molecule has 0 N–H and O–H groups in total. The molecule has 86 valence electrons. The second-order valence-corrected chi connectivity index (χ2v) is 10.7. The Bertz CT molecular complexity index is 119. The minimum atomic E-state index is -1.33. The van der Waals surface area contributed by atoms with Gasteiger partial charge in [-0.25, -0.2) is 0 Å². The molecule has 0 fully saturated rings.